The van der Waals surface area contributed by atoms with Crippen LogP contribution < -0.4 is 10.1 Å². The van der Waals surface area contributed by atoms with E-state index in [9.17, 15) is 4.79 Å². The first-order chi connectivity index (χ1) is 12.2. The summed E-state index contributed by atoms with van der Waals surface area (Å²) in [6.45, 7) is 9.49. The summed E-state index contributed by atoms with van der Waals surface area (Å²) in [4.78, 5) is 12.7. The topological polar surface area (TPSA) is 65.4 Å². The molecule has 1 aromatic carbocycles. The maximum Gasteiger partial charge on any atom is 0.274 e. The summed E-state index contributed by atoms with van der Waals surface area (Å²) in [6, 6.07) is 7.03. The summed E-state index contributed by atoms with van der Waals surface area (Å²) in [5, 5.41) is 7.73. The minimum absolute atomic E-state index is 0.139. The molecule has 0 unspecified atom stereocenters. The second-order valence-corrected chi connectivity index (χ2v) is 7.31. The SMILES string of the molecule is CCOCCOc1c(Cl)cccc1NC(=O)c1cc(C(C)(C)C)nn1C. The van der Waals surface area contributed by atoms with Crippen molar-refractivity contribution in [1.82, 2.24) is 9.78 Å². The molecule has 26 heavy (non-hydrogen) atoms. The average molecular weight is 380 g/mol. The summed E-state index contributed by atoms with van der Waals surface area (Å²) in [6.07, 6.45) is 0. The second kappa shape index (κ2) is 8.56. The summed E-state index contributed by atoms with van der Waals surface area (Å²) in [5.41, 5.74) is 1.69. The smallest absolute Gasteiger partial charge is 0.274 e. The van der Waals surface area contributed by atoms with Crippen LogP contribution in [0.4, 0.5) is 5.69 Å². The Labute approximate surface area is 159 Å². The van der Waals surface area contributed by atoms with E-state index in [1.807, 2.05) is 6.92 Å². The third kappa shape index (κ3) is 4.99. The summed E-state index contributed by atoms with van der Waals surface area (Å²) < 4.78 is 12.6. The lowest BCUT2D eigenvalue weighted by molar-refractivity contribution is 0.101. The first kappa shape index (κ1) is 20.3. The monoisotopic (exact) mass is 379 g/mol. The van der Waals surface area contributed by atoms with E-state index in [0.29, 0.717) is 42.0 Å². The third-order valence-electron chi connectivity index (χ3n) is 3.77. The number of ether oxygens (including phenoxy) is 2. The van der Waals surface area contributed by atoms with Crippen molar-refractivity contribution >= 4 is 23.2 Å². The largest absolute Gasteiger partial charge is 0.487 e. The lowest BCUT2D eigenvalue weighted by atomic mass is 9.92. The van der Waals surface area contributed by atoms with Crippen LogP contribution in [0.1, 0.15) is 43.9 Å². The van der Waals surface area contributed by atoms with Crippen molar-refractivity contribution in [3.8, 4) is 5.75 Å². The van der Waals surface area contributed by atoms with Gasteiger partial charge in [-0.25, -0.2) is 0 Å². The number of anilines is 1. The molecular formula is C19H26ClN3O3. The molecular weight excluding hydrogens is 354 g/mol. The highest BCUT2D eigenvalue weighted by molar-refractivity contribution is 6.32. The second-order valence-electron chi connectivity index (χ2n) is 6.90. The van der Waals surface area contributed by atoms with Crippen molar-refractivity contribution in [2.24, 2.45) is 7.05 Å². The number of carbonyl (C=O) groups is 1. The van der Waals surface area contributed by atoms with Crippen LogP contribution in [0.15, 0.2) is 24.3 Å². The molecule has 0 aliphatic rings. The number of rotatable bonds is 7. The fourth-order valence-corrected chi connectivity index (χ4v) is 2.56. The van der Waals surface area contributed by atoms with E-state index in [1.165, 1.54) is 0 Å². The predicted molar refractivity (Wildman–Crippen MR) is 103 cm³/mol. The third-order valence-corrected chi connectivity index (χ3v) is 4.07. The molecule has 1 heterocycles. The van der Waals surface area contributed by atoms with Gasteiger partial charge in [-0.05, 0) is 25.1 Å². The van der Waals surface area contributed by atoms with E-state index in [0.717, 1.165) is 5.69 Å². The lowest BCUT2D eigenvalue weighted by Gasteiger charge is -2.14. The molecule has 1 aromatic heterocycles. The zero-order chi connectivity index (χ0) is 19.3. The van der Waals surface area contributed by atoms with Gasteiger partial charge in [0.1, 0.15) is 12.3 Å². The molecule has 2 rings (SSSR count). The highest BCUT2D eigenvalue weighted by Gasteiger charge is 2.22. The van der Waals surface area contributed by atoms with Crippen molar-refractivity contribution < 1.29 is 14.3 Å². The Morgan fingerprint density at radius 2 is 2.04 bits per heavy atom. The van der Waals surface area contributed by atoms with Crippen molar-refractivity contribution in [3.05, 3.63) is 40.7 Å². The van der Waals surface area contributed by atoms with Gasteiger partial charge >= 0.3 is 0 Å². The summed E-state index contributed by atoms with van der Waals surface area (Å²) in [5.74, 6) is 0.160. The van der Waals surface area contributed by atoms with E-state index >= 15 is 0 Å². The number of hydrogen-bond donors (Lipinski definition) is 1. The van der Waals surface area contributed by atoms with Gasteiger partial charge < -0.3 is 14.8 Å². The number of nitrogens with zero attached hydrogens (tertiary/aromatic N) is 2. The van der Waals surface area contributed by atoms with Crippen LogP contribution >= 0.6 is 11.6 Å². The molecule has 0 spiro atoms. The number of nitrogens with one attached hydrogen (secondary N) is 1. The number of halogens is 1. The van der Waals surface area contributed by atoms with Gasteiger partial charge in [-0.1, -0.05) is 38.4 Å². The minimum Gasteiger partial charge on any atom is -0.487 e. The molecule has 2 aromatic rings. The quantitative estimate of drug-likeness (QED) is 0.737. The van der Waals surface area contributed by atoms with Crippen LogP contribution in [-0.4, -0.2) is 35.5 Å². The maximum atomic E-state index is 12.7. The number of amides is 1. The zero-order valence-corrected chi connectivity index (χ0v) is 16.7. The Bertz CT molecular complexity index is 766. The van der Waals surface area contributed by atoms with Gasteiger partial charge in [0.15, 0.2) is 5.75 Å². The molecule has 1 amide bonds. The Balaban J connectivity index is 2.19. The van der Waals surface area contributed by atoms with Crippen molar-refractivity contribution in [1.29, 1.82) is 0 Å². The summed E-state index contributed by atoms with van der Waals surface area (Å²) in [7, 11) is 1.75. The van der Waals surface area contributed by atoms with Crippen LogP contribution in [0.5, 0.6) is 5.75 Å². The molecule has 0 fully saturated rings. The van der Waals surface area contributed by atoms with Crippen molar-refractivity contribution in [2.75, 3.05) is 25.1 Å². The average Bonchev–Trinajstić information content (AvgIpc) is 2.96. The van der Waals surface area contributed by atoms with E-state index in [1.54, 1.807) is 36.0 Å². The molecule has 6 nitrogen and oxygen atoms in total. The van der Waals surface area contributed by atoms with Crippen LogP contribution in [0.2, 0.25) is 5.02 Å². The van der Waals surface area contributed by atoms with E-state index in [4.69, 9.17) is 21.1 Å². The van der Waals surface area contributed by atoms with Gasteiger partial charge in [-0.3, -0.25) is 9.48 Å². The zero-order valence-electron chi connectivity index (χ0n) is 15.9. The Morgan fingerprint density at radius 1 is 1.31 bits per heavy atom. The number of aromatic nitrogens is 2. The normalized spacial score (nSPS) is 11.5. The Kier molecular flexibility index (Phi) is 6.67. The maximum absolute atomic E-state index is 12.7. The number of aryl methyl sites for hydroxylation is 1. The van der Waals surface area contributed by atoms with Gasteiger partial charge in [-0.2, -0.15) is 5.10 Å². The molecule has 0 saturated carbocycles. The number of hydrogen-bond acceptors (Lipinski definition) is 4. The van der Waals surface area contributed by atoms with Gasteiger partial charge in [-0.15, -0.1) is 0 Å². The summed E-state index contributed by atoms with van der Waals surface area (Å²) >= 11 is 6.23. The standard InChI is InChI=1S/C19H26ClN3O3/c1-6-25-10-11-26-17-13(20)8-7-9-14(17)21-18(24)15-12-16(19(2,3)4)22-23(15)5/h7-9,12H,6,10-11H2,1-5H3,(H,21,24). The molecule has 1 N–H and O–H groups in total. The van der Waals surface area contributed by atoms with Crippen LogP contribution in [-0.2, 0) is 17.2 Å². The molecule has 0 saturated heterocycles. The first-order valence-corrected chi connectivity index (χ1v) is 8.96. The van der Waals surface area contributed by atoms with E-state index in [-0.39, 0.29) is 11.3 Å². The molecule has 0 bridgehead atoms. The fraction of sp³-hybridized carbons (Fsp3) is 0.474. The highest BCUT2D eigenvalue weighted by Crippen LogP contribution is 2.33. The van der Waals surface area contributed by atoms with Crippen LogP contribution in [0.3, 0.4) is 0 Å². The first-order valence-electron chi connectivity index (χ1n) is 8.59. The highest BCUT2D eigenvalue weighted by atomic mass is 35.5. The number of carbonyl (C=O) groups excluding carboxylic acids is 1. The molecule has 0 atom stereocenters. The van der Waals surface area contributed by atoms with Gasteiger partial charge in [0, 0.05) is 19.1 Å². The van der Waals surface area contributed by atoms with Gasteiger partial charge in [0.2, 0.25) is 0 Å². The number of para-hydroxylation sites is 1. The lowest BCUT2D eigenvalue weighted by Crippen LogP contribution is -2.17. The van der Waals surface area contributed by atoms with Crippen molar-refractivity contribution in [2.45, 2.75) is 33.1 Å². The molecule has 142 valence electrons. The molecule has 0 radical (unpaired) electrons. The van der Waals surface area contributed by atoms with Gasteiger partial charge in [0.25, 0.3) is 5.91 Å². The predicted octanol–water partition coefficient (Wildman–Crippen LogP) is 4.04. The van der Waals surface area contributed by atoms with Crippen molar-refractivity contribution in [3.63, 3.8) is 0 Å². The molecule has 7 heteroatoms. The minimum atomic E-state index is -0.271. The van der Waals surface area contributed by atoms with Crippen LogP contribution in [0.25, 0.3) is 0 Å². The Morgan fingerprint density at radius 3 is 2.65 bits per heavy atom. The number of benzene rings is 1. The van der Waals surface area contributed by atoms with Gasteiger partial charge in [0.05, 0.1) is 23.0 Å². The van der Waals surface area contributed by atoms with E-state index in [2.05, 4.69) is 31.2 Å². The van der Waals surface area contributed by atoms with E-state index < -0.39 is 0 Å². The fourth-order valence-electron chi connectivity index (χ4n) is 2.33. The molecule has 0 aliphatic carbocycles. The Hall–Kier alpha value is -2.05. The van der Waals surface area contributed by atoms with Crippen LogP contribution in [0, 0.1) is 0 Å². The molecule has 0 aliphatic heterocycles.